The molecule has 142 valence electrons. The van der Waals surface area contributed by atoms with Gasteiger partial charge in [-0.05, 0) is 31.5 Å². The van der Waals surface area contributed by atoms with Crippen molar-refractivity contribution in [2.24, 2.45) is 0 Å². The molecule has 0 radical (unpaired) electrons. The summed E-state index contributed by atoms with van der Waals surface area (Å²) in [5.41, 5.74) is 1.44. The van der Waals surface area contributed by atoms with Gasteiger partial charge >= 0.3 is 6.03 Å². The molecule has 0 aliphatic heterocycles. The van der Waals surface area contributed by atoms with Crippen LogP contribution in [0.4, 0.5) is 10.5 Å². The van der Waals surface area contributed by atoms with Crippen LogP contribution in [0.5, 0.6) is 0 Å². The Bertz CT molecular complexity index is 860. The van der Waals surface area contributed by atoms with Crippen LogP contribution >= 0.6 is 0 Å². The highest BCUT2D eigenvalue weighted by atomic mass is 16.5. The second kappa shape index (κ2) is 8.95. The number of hydrogen-bond acceptors (Lipinski definition) is 5. The van der Waals surface area contributed by atoms with E-state index in [-0.39, 0.29) is 12.1 Å². The number of aromatic nitrogens is 5. The quantitative estimate of drug-likeness (QED) is 0.594. The molecule has 3 rings (SSSR count). The van der Waals surface area contributed by atoms with Gasteiger partial charge in [-0.25, -0.2) is 9.48 Å². The van der Waals surface area contributed by atoms with Gasteiger partial charge in [0.05, 0.1) is 17.4 Å². The van der Waals surface area contributed by atoms with Crippen molar-refractivity contribution in [3.63, 3.8) is 0 Å². The number of benzene rings is 1. The standard InChI is InChI=1S/C18H23N7O2/c1-14(17-23-19-13-24(17)10-6-12-27-2)21-18(26)22-15-7-3-4-8-16(15)25-11-5-9-20-25/h3-5,7-9,11,13-14H,6,10,12H2,1-2H3,(H2,21,22,26)/t14-/m0/s1. The number of carbonyl (C=O) groups excluding carboxylic acids is 1. The fraction of sp³-hybridized carbons (Fsp3) is 0.333. The number of urea groups is 1. The minimum absolute atomic E-state index is 0.299. The van der Waals surface area contributed by atoms with Crippen molar-refractivity contribution < 1.29 is 9.53 Å². The third kappa shape index (κ3) is 4.70. The van der Waals surface area contributed by atoms with Crippen molar-refractivity contribution in [1.82, 2.24) is 29.9 Å². The number of para-hydroxylation sites is 2. The third-order valence-electron chi connectivity index (χ3n) is 4.03. The number of ether oxygens (including phenoxy) is 1. The molecule has 3 aromatic rings. The minimum atomic E-state index is -0.325. The van der Waals surface area contributed by atoms with E-state index in [0.29, 0.717) is 18.1 Å². The van der Waals surface area contributed by atoms with Gasteiger partial charge in [0.1, 0.15) is 6.33 Å². The maximum atomic E-state index is 12.5. The number of nitrogens with zero attached hydrogens (tertiary/aromatic N) is 5. The summed E-state index contributed by atoms with van der Waals surface area (Å²) in [6.07, 6.45) is 6.02. The molecule has 0 fully saturated rings. The van der Waals surface area contributed by atoms with Gasteiger partial charge < -0.3 is 19.9 Å². The Morgan fingerprint density at radius 3 is 2.93 bits per heavy atom. The number of rotatable bonds is 8. The van der Waals surface area contributed by atoms with Gasteiger partial charge in [0.15, 0.2) is 5.82 Å². The predicted octanol–water partition coefficient (Wildman–Crippen LogP) is 2.38. The lowest BCUT2D eigenvalue weighted by Gasteiger charge is -2.16. The lowest BCUT2D eigenvalue weighted by Crippen LogP contribution is -2.33. The van der Waals surface area contributed by atoms with Crippen molar-refractivity contribution in [3.8, 4) is 5.69 Å². The molecule has 0 unspecified atom stereocenters. The third-order valence-corrected chi connectivity index (χ3v) is 4.03. The Balaban J connectivity index is 1.64. The molecule has 9 heteroatoms. The molecule has 0 bridgehead atoms. The maximum Gasteiger partial charge on any atom is 0.319 e. The first-order valence-electron chi connectivity index (χ1n) is 8.72. The zero-order valence-corrected chi connectivity index (χ0v) is 15.4. The molecule has 1 atom stereocenters. The Morgan fingerprint density at radius 2 is 2.15 bits per heavy atom. The molecule has 0 spiro atoms. The van der Waals surface area contributed by atoms with Crippen LogP contribution in [0.3, 0.4) is 0 Å². The largest absolute Gasteiger partial charge is 0.385 e. The molecule has 9 nitrogen and oxygen atoms in total. The highest BCUT2D eigenvalue weighted by Crippen LogP contribution is 2.19. The van der Waals surface area contributed by atoms with Gasteiger partial charge in [-0.2, -0.15) is 5.10 Å². The van der Waals surface area contributed by atoms with E-state index in [1.165, 1.54) is 0 Å². The summed E-state index contributed by atoms with van der Waals surface area (Å²) in [7, 11) is 1.67. The molecule has 2 amide bonds. The van der Waals surface area contributed by atoms with Gasteiger partial charge in [0, 0.05) is 32.7 Å². The van der Waals surface area contributed by atoms with Crippen molar-refractivity contribution in [2.75, 3.05) is 19.0 Å². The Labute approximate surface area is 157 Å². The summed E-state index contributed by atoms with van der Waals surface area (Å²) < 4.78 is 8.69. The summed E-state index contributed by atoms with van der Waals surface area (Å²) in [6, 6.07) is 8.67. The van der Waals surface area contributed by atoms with Crippen LogP contribution in [0, 0.1) is 0 Å². The second-order valence-corrected chi connectivity index (χ2v) is 6.02. The second-order valence-electron chi connectivity index (χ2n) is 6.02. The predicted molar refractivity (Wildman–Crippen MR) is 101 cm³/mol. The SMILES string of the molecule is COCCCn1cnnc1[C@H](C)NC(=O)Nc1ccccc1-n1cccn1. The first kappa shape index (κ1) is 18.6. The average Bonchev–Trinajstić information content (AvgIpc) is 3.34. The molecule has 0 saturated carbocycles. The van der Waals surface area contributed by atoms with Crippen LogP contribution in [-0.4, -0.2) is 44.3 Å². The highest BCUT2D eigenvalue weighted by Gasteiger charge is 2.16. The summed E-state index contributed by atoms with van der Waals surface area (Å²) in [5.74, 6) is 0.696. The van der Waals surface area contributed by atoms with Gasteiger partial charge in [0.2, 0.25) is 0 Å². The molecule has 0 aliphatic carbocycles. The summed E-state index contributed by atoms with van der Waals surface area (Å²) in [6.45, 7) is 3.26. The lowest BCUT2D eigenvalue weighted by atomic mass is 10.2. The van der Waals surface area contributed by atoms with E-state index in [0.717, 1.165) is 18.7 Å². The average molecular weight is 369 g/mol. The first-order valence-corrected chi connectivity index (χ1v) is 8.72. The number of hydrogen-bond donors (Lipinski definition) is 2. The van der Waals surface area contributed by atoms with Crippen LogP contribution < -0.4 is 10.6 Å². The molecule has 0 aliphatic rings. The number of anilines is 1. The number of methoxy groups -OCH3 is 1. The number of carbonyl (C=O) groups is 1. The maximum absolute atomic E-state index is 12.5. The Morgan fingerprint density at radius 1 is 1.30 bits per heavy atom. The zero-order chi connectivity index (χ0) is 19.1. The molecular formula is C18H23N7O2. The molecular weight excluding hydrogens is 346 g/mol. The molecule has 2 aromatic heterocycles. The van der Waals surface area contributed by atoms with E-state index in [9.17, 15) is 4.79 Å². The number of amides is 2. The number of aryl methyl sites for hydroxylation is 1. The first-order chi connectivity index (χ1) is 13.2. The fourth-order valence-corrected chi connectivity index (χ4v) is 2.76. The fourth-order valence-electron chi connectivity index (χ4n) is 2.76. The van der Waals surface area contributed by atoms with E-state index in [4.69, 9.17) is 4.74 Å². The van der Waals surface area contributed by atoms with Crippen molar-refractivity contribution in [3.05, 3.63) is 54.9 Å². The van der Waals surface area contributed by atoms with E-state index in [2.05, 4.69) is 25.9 Å². The smallest absolute Gasteiger partial charge is 0.319 e. The Hall–Kier alpha value is -3.20. The molecule has 0 saturated heterocycles. The van der Waals surface area contributed by atoms with Crippen molar-refractivity contribution in [2.45, 2.75) is 25.9 Å². The van der Waals surface area contributed by atoms with E-state index >= 15 is 0 Å². The molecule has 2 heterocycles. The van der Waals surface area contributed by atoms with Crippen molar-refractivity contribution in [1.29, 1.82) is 0 Å². The van der Waals surface area contributed by atoms with Gasteiger partial charge in [-0.1, -0.05) is 12.1 Å². The lowest BCUT2D eigenvalue weighted by molar-refractivity contribution is 0.189. The normalized spacial score (nSPS) is 11.9. The zero-order valence-electron chi connectivity index (χ0n) is 15.4. The van der Waals surface area contributed by atoms with Gasteiger partial charge in [0.25, 0.3) is 0 Å². The number of nitrogens with one attached hydrogen (secondary N) is 2. The van der Waals surface area contributed by atoms with E-state index in [1.54, 1.807) is 24.3 Å². The van der Waals surface area contributed by atoms with Crippen molar-refractivity contribution >= 4 is 11.7 Å². The molecule has 2 N–H and O–H groups in total. The van der Waals surface area contributed by atoms with Crippen LogP contribution in [0.15, 0.2) is 49.1 Å². The Kier molecular flexibility index (Phi) is 6.16. The van der Waals surface area contributed by atoms with Crippen LogP contribution in [0.25, 0.3) is 5.69 Å². The van der Waals surface area contributed by atoms with E-state index in [1.807, 2.05) is 48.0 Å². The molecule has 1 aromatic carbocycles. The summed E-state index contributed by atoms with van der Waals surface area (Å²) >= 11 is 0. The summed E-state index contributed by atoms with van der Waals surface area (Å²) in [5, 5.41) is 18.1. The van der Waals surface area contributed by atoms with E-state index < -0.39 is 0 Å². The van der Waals surface area contributed by atoms with Crippen LogP contribution in [-0.2, 0) is 11.3 Å². The topological polar surface area (TPSA) is 98.9 Å². The van der Waals surface area contributed by atoms with Crippen LogP contribution in [0.1, 0.15) is 25.2 Å². The minimum Gasteiger partial charge on any atom is -0.385 e. The highest BCUT2D eigenvalue weighted by molar-refractivity contribution is 5.91. The van der Waals surface area contributed by atoms with Crippen LogP contribution in [0.2, 0.25) is 0 Å². The molecule has 27 heavy (non-hydrogen) atoms. The van der Waals surface area contributed by atoms with Gasteiger partial charge in [-0.3, -0.25) is 0 Å². The van der Waals surface area contributed by atoms with Gasteiger partial charge in [-0.15, -0.1) is 10.2 Å². The monoisotopic (exact) mass is 369 g/mol. The summed E-state index contributed by atoms with van der Waals surface area (Å²) in [4.78, 5) is 12.5.